The fraction of sp³-hybridized carbons (Fsp3) is 0.263. The van der Waals surface area contributed by atoms with Crippen molar-refractivity contribution >= 4 is 23.1 Å². The highest BCUT2D eigenvalue weighted by atomic mass is 16.2. The normalized spacial score (nSPS) is 17.3. The Bertz CT molecular complexity index is 1110. The van der Waals surface area contributed by atoms with Gasteiger partial charge in [-0.05, 0) is 25.5 Å². The number of carbonyl (C=O) groups is 2. The topological polar surface area (TPSA) is 108 Å². The Morgan fingerprint density at radius 3 is 2.89 bits per heavy atom. The first-order chi connectivity index (χ1) is 12.9. The SMILES string of the molecule is Cc1cc2nc(C(C)NC(=O)C3CC(=O)Nc4ccccc43)cc(=O)n2[nH]1. The van der Waals surface area contributed by atoms with E-state index >= 15 is 0 Å². The number of benzene rings is 1. The van der Waals surface area contributed by atoms with Crippen LogP contribution in [0.5, 0.6) is 0 Å². The number of nitrogens with zero attached hydrogens (tertiary/aromatic N) is 2. The van der Waals surface area contributed by atoms with Gasteiger partial charge in [0.25, 0.3) is 5.56 Å². The molecule has 1 aliphatic rings. The van der Waals surface area contributed by atoms with Crippen LogP contribution in [0.1, 0.15) is 42.3 Å². The predicted molar refractivity (Wildman–Crippen MR) is 99.5 cm³/mol. The number of para-hydroxylation sites is 1. The van der Waals surface area contributed by atoms with Gasteiger partial charge < -0.3 is 10.6 Å². The smallest absolute Gasteiger partial charge is 0.272 e. The molecule has 3 heterocycles. The first kappa shape index (κ1) is 17.0. The number of aryl methyl sites for hydroxylation is 1. The molecule has 0 saturated carbocycles. The van der Waals surface area contributed by atoms with Crippen molar-refractivity contribution in [3.8, 4) is 0 Å². The average molecular weight is 365 g/mol. The van der Waals surface area contributed by atoms with E-state index in [0.717, 1.165) is 11.3 Å². The lowest BCUT2D eigenvalue weighted by atomic mass is 9.89. The second-order valence-electron chi connectivity index (χ2n) is 6.77. The summed E-state index contributed by atoms with van der Waals surface area (Å²) in [5, 5.41) is 8.58. The Morgan fingerprint density at radius 1 is 1.30 bits per heavy atom. The van der Waals surface area contributed by atoms with E-state index in [1.54, 1.807) is 19.1 Å². The lowest BCUT2D eigenvalue weighted by Crippen LogP contribution is -2.36. The molecule has 1 aliphatic heterocycles. The monoisotopic (exact) mass is 365 g/mol. The quantitative estimate of drug-likeness (QED) is 0.655. The van der Waals surface area contributed by atoms with E-state index in [-0.39, 0.29) is 23.8 Å². The minimum Gasteiger partial charge on any atom is -0.347 e. The zero-order valence-corrected chi connectivity index (χ0v) is 14.9. The molecule has 138 valence electrons. The summed E-state index contributed by atoms with van der Waals surface area (Å²) in [5.74, 6) is -1.03. The number of carbonyl (C=O) groups excluding carboxylic acids is 2. The average Bonchev–Trinajstić information content (AvgIpc) is 3.01. The number of rotatable bonds is 3. The van der Waals surface area contributed by atoms with E-state index in [2.05, 4.69) is 20.7 Å². The lowest BCUT2D eigenvalue weighted by Gasteiger charge is -2.26. The van der Waals surface area contributed by atoms with Crippen molar-refractivity contribution in [1.82, 2.24) is 19.9 Å². The third-order valence-corrected chi connectivity index (χ3v) is 4.72. The summed E-state index contributed by atoms with van der Waals surface area (Å²) < 4.78 is 1.36. The van der Waals surface area contributed by atoms with E-state index in [0.29, 0.717) is 17.0 Å². The van der Waals surface area contributed by atoms with Crippen molar-refractivity contribution in [1.29, 1.82) is 0 Å². The minimum atomic E-state index is -0.572. The number of aromatic nitrogens is 3. The van der Waals surface area contributed by atoms with Gasteiger partial charge in [-0.3, -0.25) is 19.5 Å². The number of fused-ring (bicyclic) bond motifs is 2. The third-order valence-electron chi connectivity index (χ3n) is 4.72. The van der Waals surface area contributed by atoms with Crippen LogP contribution in [-0.2, 0) is 9.59 Å². The van der Waals surface area contributed by atoms with Crippen LogP contribution in [0.25, 0.3) is 5.65 Å². The molecule has 3 aromatic rings. The van der Waals surface area contributed by atoms with Crippen molar-refractivity contribution in [3.63, 3.8) is 0 Å². The fourth-order valence-corrected chi connectivity index (χ4v) is 3.38. The zero-order chi connectivity index (χ0) is 19.1. The van der Waals surface area contributed by atoms with Crippen LogP contribution in [0.2, 0.25) is 0 Å². The minimum absolute atomic E-state index is 0.0850. The third kappa shape index (κ3) is 3.10. The molecule has 2 aromatic heterocycles. The van der Waals surface area contributed by atoms with Gasteiger partial charge in [0.2, 0.25) is 11.8 Å². The molecule has 0 fully saturated rings. The molecular formula is C19H19N5O3. The Hall–Kier alpha value is -3.42. The summed E-state index contributed by atoms with van der Waals surface area (Å²) in [6.45, 7) is 3.61. The zero-order valence-electron chi connectivity index (χ0n) is 14.9. The molecular weight excluding hydrogens is 346 g/mol. The van der Waals surface area contributed by atoms with Crippen molar-refractivity contribution in [2.75, 3.05) is 5.32 Å². The van der Waals surface area contributed by atoms with Gasteiger partial charge in [0.15, 0.2) is 5.65 Å². The van der Waals surface area contributed by atoms with E-state index < -0.39 is 12.0 Å². The van der Waals surface area contributed by atoms with Gasteiger partial charge in [0, 0.05) is 29.9 Å². The molecule has 0 bridgehead atoms. The second kappa shape index (κ2) is 6.39. The first-order valence-corrected chi connectivity index (χ1v) is 8.71. The van der Waals surface area contributed by atoms with Crippen LogP contribution in [0, 0.1) is 6.92 Å². The Labute approximate surface area is 154 Å². The van der Waals surface area contributed by atoms with Crippen molar-refractivity contribution < 1.29 is 9.59 Å². The molecule has 0 radical (unpaired) electrons. The van der Waals surface area contributed by atoms with Crippen LogP contribution < -0.4 is 16.2 Å². The largest absolute Gasteiger partial charge is 0.347 e. The number of hydrogen-bond donors (Lipinski definition) is 3. The van der Waals surface area contributed by atoms with Crippen molar-refractivity contribution in [2.45, 2.75) is 32.2 Å². The molecule has 0 spiro atoms. The van der Waals surface area contributed by atoms with Crippen molar-refractivity contribution in [2.24, 2.45) is 0 Å². The van der Waals surface area contributed by atoms with E-state index in [1.807, 2.05) is 25.1 Å². The maximum Gasteiger partial charge on any atom is 0.272 e. The Kier molecular flexibility index (Phi) is 4.02. The standard InChI is InChI=1S/C19H19N5O3/c1-10-7-16-21-15(9-18(26)24(16)23-10)11(2)20-19(27)13-8-17(25)22-14-6-4-3-5-12(13)14/h3-7,9,11,13,23H,8H2,1-2H3,(H,20,27)(H,22,25). The van der Waals surface area contributed by atoms with Crippen LogP contribution in [0.3, 0.4) is 0 Å². The van der Waals surface area contributed by atoms with E-state index in [9.17, 15) is 14.4 Å². The molecule has 4 rings (SSSR count). The second-order valence-corrected chi connectivity index (χ2v) is 6.77. The molecule has 0 aliphatic carbocycles. The molecule has 8 heteroatoms. The highest BCUT2D eigenvalue weighted by Crippen LogP contribution is 2.32. The van der Waals surface area contributed by atoms with Gasteiger partial charge >= 0.3 is 0 Å². The number of amides is 2. The number of anilines is 1. The van der Waals surface area contributed by atoms with Crippen LogP contribution in [0.4, 0.5) is 5.69 Å². The molecule has 27 heavy (non-hydrogen) atoms. The fourth-order valence-electron chi connectivity index (χ4n) is 3.38. The number of aromatic amines is 1. The van der Waals surface area contributed by atoms with Gasteiger partial charge in [-0.1, -0.05) is 18.2 Å². The van der Waals surface area contributed by atoms with Gasteiger partial charge in [-0.25, -0.2) is 9.50 Å². The Morgan fingerprint density at radius 2 is 2.07 bits per heavy atom. The van der Waals surface area contributed by atoms with Gasteiger partial charge in [-0.15, -0.1) is 0 Å². The summed E-state index contributed by atoms with van der Waals surface area (Å²) in [4.78, 5) is 41.5. The van der Waals surface area contributed by atoms with Gasteiger partial charge in [-0.2, -0.15) is 0 Å². The maximum absolute atomic E-state index is 12.8. The predicted octanol–water partition coefficient (Wildman–Crippen LogP) is 1.63. The lowest BCUT2D eigenvalue weighted by molar-refractivity contribution is -0.126. The number of H-pyrrole nitrogens is 1. The molecule has 2 atom stereocenters. The molecule has 3 N–H and O–H groups in total. The van der Waals surface area contributed by atoms with Crippen LogP contribution >= 0.6 is 0 Å². The van der Waals surface area contributed by atoms with Crippen LogP contribution in [-0.4, -0.2) is 26.4 Å². The van der Waals surface area contributed by atoms with Crippen LogP contribution in [0.15, 0.2) is 41.2 Å². The van der Waals surface area contributed by atoms with E-state index in [1.165, 1.54) is 10.6 Å². The molecule has 2 unspecified atom stereocenters. The van der Waals surface area contributed by atoms with Gasteiger partial charge in [0.05, 0.1) is 17.7 Å². The summed E-state index contributed by atoms with van der Waals surface area (Å²) >= 11 is 0. The summed E-state index contributed by atoms with van der Waals surface area (Å²) in [7, 11) is 0. The molecule has 2 amide bonds. The first-order valence-electron chi connectivity index (χ1n) is 8.71. The molecule has 8 nitrogen and oxygen atoms in total. The summed E-state index contributed by atoms with van der Waals surface area (Å²) in [5.41, 5.74) is 2.98. The molecule has 0 saturated heterocycles. The summed E-state index contributed by atoms with van der Waals surface area (Å²) in [6, 6.07) is 9.96. The highest BCUT2D eigenvalue weighted by molar-refractivity contribution is 6.01. The van der Waals surface area contributed by atoms with E-state index in [4.69, 9.17) is 0 Å². The number of nitrogens with one attached hydrogen (secondary N) is 3. The van der Waals surface area contributed by atoms with Gasteiger partial charge in [0.1, 0.15) is 0 Å². The summed E-state index contributed by atoms with van der Waals surface area (Å²) in [6.07, 6.45) is 0.0850. The maximum atomic E-state index is 12.8. The van der Waals surface area contributed by atoms with Crippen molar-refractivity contribution in [3.05, 3.63) is 63.7 Å². The number of hydrogen-bond acceptors (Lipinski definition) is 4. The Balaban J connectivity index is 1.60. The molecule has 1 aromatic carbocycles. The highest BCUT2D eigenvalue weighted by Gasteiger charge is 2.31.